The molecule has 126 valence electrons. The second-order valence-electron chi connectivity index (χ2n) is 6.21. The number of benzene rings is 1. The van der Waals surface area contributed by atoms with Crippen LogP contribution < -0.4 is 10.6 Å². The van der Waals surface area contributed by atoms with Crippen LogP contribution in [-0.2, 0) is 20.7 Å². The largest absolute Gasteiger partial charge is 0.379 e. The number of nitrogens with one attached hydrogen (secondary N) is 2. The molecule has 0 bridgehead atoms. The third-order valence-corrected chi connectivity index (χ3v) is 3.93. The fraction of sp³-hybridized carbons (Fsp3) is 0.556. The molecule has 2 N–H and O–H groups in total. The van der Waals surface area contributed by atoms with E-state index in [0.29, 0.717) is 32.4 Å². The summed E-state index contributed by atoms with van der Waals surface area (Å²) in [6, 6.07) is 7.82. The minimum absolute atomic E-state index is 0.00112. The van der Waals surface area contributed by atoms with E-state index >= 15 is 0 Å². The van der Waals surface area contributed by atoms with Crippen LogP contribution in [0.15, 0.2) is 24.3 Å². The molecule has 0 saturated heterocycles. The van der Waals surface area contributed by atoms with E-state index in [2.05, 4.69) is 10.6 Å². The lowest BCUT2D eigenvalue weighted by Gasteiger charge is -2.24. The van der Waals surface area contributed by atoms with Gasteiger partial charge >= 0.3 is 0 Å². The summed E-state index contributed by atoms with van der Waals surface area (Å²) in [6.45, 7) is 5.25. The molecule has 1 aliphatic rings. The molecule has 1 atom stereocenters. The number of anilines is 1. The average molecular weight is 318 g/mol. The third kappa shape index (κ3) is 5.67. The van der Waals surface area contributed by atoms with Crippen molar-refractivity contribution < 1.29 is 14.3 Å². The topological polar surface area (TPSA) is 67.4 Å². The first-order chi connectivity index (χ1) is 11.1. The normalized spacial score (nSPS) is 16.8. The van der Waals surface area contributed by atoms with Crippen LogP contribution in [0.2, 0.25) is 0 Å². The van der Waals surface area contributed by atoms with Crippen LogP contribution in [0.1, 0.15) is 38.7 Å². The highest BCUT2D eigenvalue weighted by molar-refractivity contribution is 5.96. The highest BCUT2D eigenvalue weighted by atomic mass is 16.5. The summed E-state index contributed by atoms with van der Waals surface area (Å²) >= 11 is 0. The number of carbonyl (C=O) groups is 2. The molecule has 0 aliphatic carbocycles. The molecule has 0 fully saturated rings. The zero-order valence-electron chi connectivity index (χ0n) is 13.9. The van der Waals surface area contributed by atoms with E-state index in [4.69, 9.17) is 4.74 Å². The first-order valence-corrected chi connectivity index (χ1v) is 8.33. The highest BCUT2D eigenvalue weighted by Gasteiger charge is 2.26. The van der Waals surface area contributed by atoms with E-state index in [1.54, 1.807) is 0 Å². The van der Waals surface area contributed by atoms with Gasteiger partial charge in [0.15, 0.2) is 0 Å². The number of carbonyl (C=O) groups excluding carboxylic acids is 2. The summed E-state index contributed by atoms with van der Waals surface area (Å²) < 4.78 is 5.42. The summed E-state index contributed by atoms with van der Waals surface area (Å²) in [6.07, 6.45) is 2.69. The average Bonchev–Trinajstić information content (AvgIpc) is 2.52. The lowest BCUT2D eigenvalue weighted by Crippen LogP contribution is -2.32. The summed E-state index contributed by atoms with van der Waals surface area (Å²) in [5, 5.41) is 5.80. The second kappa shape index (κ2) is 8.67. The van der Waals surface area contributed by atoms with Crippen LogP contribution in [0, 0.1) is 5.92 Å². The van der Waals surface area contributed by atoms with Crippen LogP contribution in [0.3, 0.4) is 0 Å². The van der Waals surface area contributed by atoms with E-state index in [9.17, 15) is 9.59 Å². The number of hydrogen-bond acceptors (Lipinski definition) is 3. The van der Waals surface area contributed by atoms with E-state index < -0.39 is 0 Å². The molecular weight excluding hydrogens is 292 g/mol. The Kier molecular flexibility index (Phi) is 6.59. The van der Waals surface area contributed by atoms with Gasteiger partial charge in [-0.25, -0.2) is 0 Å². The first-order valence-electron chi connectivity index (χ1n) is 8.33. The maximum Gasteiger partial charge on any atom is 0.227 e. The number of para-hydroxylation sites is 1. The first kappa shape index (κ1) is 17.5. The van der Waals surface area contributed by atoms with Crippen molar-refractivity contribution in [1.29, 1.82) is 0 Å². The van der Waals surface area contributed by atoms with E-state index in [-0.39, 0.29) is 23.8 Å². The van der Waals surface area contributed by atoms with E-state index in [1.807, 2.05) is 38.1 Å². The molecule has 23 heavy (non-hydrogen) atoms. The van der Waals surface area contributed by atoms with Gasteiger partial charge in [-0.15, -0.1) is 0 Å². The molecule has 0 radical (unpaired) electrons. The van der Waals surface area contributed by atoms with Crippen molar-refractivity contribution in [2.75, 3.05) is 18.5 Å². The molecule has 5 nitrogen and oxygen atoms in total. The lowest BCUT2D eigenvalue weighted by atomic mass is 9.89. The van der Waals surface area contributed by atoms with Gasteiger partial charge in [0.2, 0.25) is 11.8 Å². The quantitative estimate of drug-likeness (QED) is 0.724. The number of amides is 2. The molecule has 0 spiro atoms. The maximum atomic E-state index is 12.1. The SMILES string of the molecule is CC(C)OCCCNC(=O)CC[C@H]1Cc2ccccc2NC1=O. The van der Waals surface area contributed by atoms with E-state index in [0.717, 1.165) is 17.7 Å². The number of hydrogen-bond donors (Lipinski definition) is 2. The predicted octanol–water partition coefficient (Wildman–Crippen LogP) is 2.51. The van der Waals surface area contributed by atoms with Crippen LogP contribution in [-0.4, -0.2) is 31.1 Å². The maximum absolute atomic E-state index is 12.1. The van der Waals surface area contributed by atoms with Crippen molar-refractivity contribution in [3.8, 4) is 0 Å². The van der Waals surface area contributed by atoms with Crippen molar-refractivity contribution >= 4 is 17.5 Å². The van der Waals surface area contributed by atoms with E-state index in [1.165, 1.54) is 0 Å². The molecule has 0 aromatic heterocycles. The molecule has 1 heterocycles. The van der Waals surface area contributed by atoms with Crippen LogP contribution in [0.5, 0.6) is 0 Å². The monoisotopic (exact) mass is 318 g/mol. The Labute approximate surface area is 137 Å². The number of ether oxygens (including phenoxy) is 1. The van der Waals surface area contributed by atoms with Crippen molar-refractivity contribution in [2.45, 2.75) is 45.6 Å². The fourth-order valence-corrected chi connectivity index (χ4v) is 2.66. The molecule has 0 saturated carbocycles. The van der Waals surface area contributed by atoms with Gasteiger partial charge in [-0.1, -0.05) is 18.2 Å². The van der Waals surface area contributed by atoms with Crippen LogP contribution in [0.4, 0.5) is 5.69 Å². The minimum Gasteiger partial charge on any atom is -0.379 e. The summed E-state index contributed by atoms with van der Waals surface area (Å²) in [5.41, 5.74) is 2.03. The molecule has 1 aliphatic heterocycles. The Hall–Kier alpha value is -1.88. The van der Waals surface area contributed by atoms with Gasteiger partial charge in [0, 0.05) is 31.2 Å². The molecule has 0 unspecified atom stereocenters. The van der Waals surface area contributed by atoms with Crippen LogP contribution >= 0.6 is 0 Å². The molecule has 1 aromatic carbocycles. The van der Waals surface area contributed by atoms with Gasteiger partial charge < -0.3 is 15.4 Å². The van der Waals surface area contributed by atoms with Gasteiger partial charge in [0.05, 0.1) is 6.10 Å². The Morgan fingerprint density at radius 3 is 2.96 bits per heavy atom. The molecule has 1 aromatic rings. The third-order valence-electron chi connectivity index (χ3n) is 3.93. The summed E-state index contributed by atoms with van der Waals surface area (Å²) in [5.74, 6) is -0.108. The standard InChI is InChI=1S/C18H26N2O3/c1-13(2)23-11-5-10-19-17(21)9-8-15-12-14-6-3-4-7-16(14)20-18(15)22/h3-4,6-7,13,15H,5,8-12H2,1-2H3,(H,19,21)(H,20,22)/t15-/m0/s1. The summed E-state index contributed by atoms with van der Waals surface area (Å²) in [4.78, 5) is 23.9. The van der Waals surface area contributed by atoms with Crippen LogP contribution in [0.25, 0.3) is 0 Å². The summed E-state index contributed by atoms with van der Waals surface area (Å²) in [7, 11) is 0. The van der Waals surface area contributed by atoms with Gasteiger partial charge in [-0.05, 0) is 44.7 Å². The van der Waals surface area contributed by atoms with Gasteiger partial charge in [0.25, 0.3) is 0 Å². The van der Waals surface area contributed by atoms with Gasteiger partial charge in [-0.2, -0.15) is 0 Å². The zero-order valence-corrected chi connectivity index (χ0v) is 13.9. The lowest BCUT2D eigenvalue weighted by molar-refractivity contribution is -0.122. The highest BCUT2D eigenvalue weighted by Crippen LogP contribution is 2.27. The Morgan fingerprint density at radius 1 is 1.39 bits per heavy atom. The molecule has 5 heteroatoms. The smallest absolute Gasteiger partial charge is 0.227 e. The zero-order chi connectivity index (χ0) is 16.7. The van der Waals surface area contributed by atoms with Crippen molar-refractivity contribution in [1.82, 2.24) is 5.32 Å². The van der Waals surface area contributed by atoms with Gasteiger partial charge in [-0.3, -0.25) is 9.59 Å². The number of fused-ring (bicyclic) bond motifs is 1. The second-order valence-corrected chi connectivity index (χ2v) is 6.21. The molecule has 2 rings (SSSR count). The van der Waals surface area contributed by atoms with Gasteiger partial charge in [0.1, 0.15) is 0 Å². The Bertz CT molecular complexity index is 543. The fourth-order valence-electron chi connectivity index (χ4n) is 2.66. The van der Waals surface area contributed by atoms with Crippen molar-refractivity contribution in [3.63, 3.8) is 0 Å². The Morgan fingerprint density at radius 2 is 2.17 bits per heavy atom. The molecule has 2 amide bonds. The Balaban J connectivity index is 1.67. The number of rotatable bonds is 8. The predicted molar refractivity (Wildman–Crippen MR) is 90.2 cm³/mol. The van der Waals surface area contributed by atoms with Crippen molar-refractivity contribution in [2.24, 2.45) is 5.92 Å². The van der Waals surface area contributed by atoms with Crippen molar-refractivity contribution in [3.05, 3.63) is 29.8 Å². The minimum atomic E-state index is -0.125. The molecular formula is C18H26N2O3.